The van der Waals surface area contributed by atoms with Crippen molar-refractivity contribution >= 4 is 11.0 Å². The van der Waals surface area contributed by atoms with Crippen molar-refractivity contribution in [1.29, 1.82) is 0 Å². The molecule has 108 valence electrons. The van der Waals surface area contributed by atoms with Crippen molar-refractivity contribution in [3.05, 3.63) is 59.9 Å². The summed E-state index contributed by atoms with van der Waals surface area (Å²) >= 11 is 0. The molecule has 0 saturated carbocycles. The van der Waals surface area contributed by atoms with Gasteiger partial charge in [-0.1, -0.05) is 30.3 Å². The van der Waals surface area contributed by atoms with E-state index in [1.54, 1.807) is 7.11 Å². The van der Waals surface area contributed by atoms with E-state index in [-0.39, 0.29) is 5.92 Å². The standard InChI is InChI=1S/C17H19N3O/c1-21-14-7-8-15-16(10-14)20-17(19-15)13(11-18)9-12-5-3-2-4-6-12/h2-8,10,13H,9,11,18H2,1H3,(H,19,20). The van der Waals surface area contributed by atoms with Crippen molar-refractivity contribution in [2.24, 2.45) is 5.73 Å². The van der Waals surface area contributed by atoms with Gasteiger partial charge in [0.15, 0.2) is 0 Å². The molecule has 1 unspecified atom stereocenters. The summed E-state index contributed by atoms with van der Waals surface area (Å²) in [7, 11) is 1.66. The summed E-state index contributed by atoms with van der Waals surface area (Å²) in [4.78, 5) is 8.03. The van der Waals surface area contributed by atoms with E-state index >= 15 is 0 Å². The number of fused-ring (bicyclic) bond motifs is 1. The van der Waals surface area contributed by atoms with Crippen molar-refractivity contribution in [2.75, 3.05) is 13.7 Å². The minimum absolute atomic E-state index is 0.186. The highest BCUT2D eigenvalue weighted by atomic mass is 16.5. The molecule has 1 atom stereocenters. The summed E-state index contributed by atoms with van der Waals surface area (Å²) in [5.41, 5.74) is 9.14. The van der Waals surface area contributed by atoms with E-state index < -0.39 is 0 Å². The van der Waals surface area contributed by atoms with Gasteiger partial charge in [-0.15, -0.1) is 0 Å². The maximum Gasteiger partial charge on any atom is 0.121 e. The number of benzene rings is 2. The van der Waals surface area contributed by atoms with Crippen LogP contribution in [0.25, 0.3) is 11.0 Å². The first-order chi connectivity index (χ1) is 10.3. The largest absolute Gasteiger partial charge is 0.497 e. The number of hydrogen-bond donors (Lipinski definition) is 2. The molecule has 3 N–H and O–H groups in total. The molecule has 4 nitrogen and oxygen atoms in total. The van der Waals surface area contributed by atoms with Gasteiger partial charge in [0.05, 0.1) is 18.1 Å². The Balaban J connectivity index is 1.90. The summed E-state index contributed by atoms with van der Waals surface area (Å²) < 4.78 is 5.24. The number of methoxy groups -OCH3 is 1. The van der Waals surface area contributed by atoms with Gasteiger partial charge in [-0.25, -0.2) is 4.98 Å². The van der Waals surface area contributed by atoms with Gasteiger partial charge in [0.1, 0.15) is 11.6 Å². The molecule has 0 saturated heterocycles. The van der Waals surface area contributed by atoms with E-state index in [9.17, 15) is 0 Å². The lowest BCUT2D eigenvalue weighted by molar-refractivity contribution is 0.415. The van der Waals surface area contributed by atoms with E-state index in [0.29, 0.717) is 6.54 Å². The van der Waals surface area contributed by atoms with Crippen LogP contribution in [0.5, 0.6) is 5.75 Å². The second-order valence-corrected chi connectivity index (χ2v) is 5.13. The highest BCUT2D eigenvalue weighted by Crippen LogP contribution is 2.23. The van der Waals surface area contributed by atoms with Crippen LogP contribution in [0.1, 0.15) is 17.3 Å². The molecule has 3 aromatic rings. The average Bonchev–Trinajstić information content (AvgIpc) is 2.96. The third-order valence-corrected chi connectivity index (χ3v) is 3.70. The van der Waals surface area contributed by atoms with Crippen LogP contribution in [-0.4, -0.2) is 23.6 Å². The lowest BCUT2D eigenvalue weighted by atomic mass is 9.99. The van der Waals surface area contributed by atoms with Crippen molar-refractivity contribution in [3.63, 3.8) is 0 Å². The zero-order valence-corrected chi connectivity index (χ0v) is 12.0. The lowest BCUT2D eigenvalue weighted by Crippen LogP contribution is -2.16. The molecule has 4 heteroatoms. The highest BCUT2D eigenvalue weighted by Gasteiger charge is 2.15. The zero-order valence-electron chi connectivity index (χ0n) is 12.0. The van der Waals surface area contributed by atoms with Crippen LogP contribution in [0, 0.1) is 0 Å². The van der Waals surface area contributed by atoms with Crippen molar-refractivity contribution in [3.8, 4) is 5.75 Å². The molecule has 0 aliphatic carbocycles. The molecule has 0 radical (unpaired) electrons. The van der Waals surface area contributed by atoms with E-state index in [1.165, 1.54) is 5.56 Å². The van der Waals surface area contributed by atoms with Crippen LogP contribution in [0.2, 0.25) is 0 Å². The third kappa shape index (κ3) is 2.90. The SMILES string of the molecule is COc1ccc2nc(C(CN)Cc3ccccc3)[nH]c2c1. The predicted octanol–water partition coefficient (Wildman–Crippen LogP) is 2.86. The number of aromatic amines is 1. The van der Waals surface area contributed by atoms with Crippen LogP contribution < -0.4 is 10.5 Å². The number of ether oxygens (including phenoxy) is 1. The van der Waals surface area contributed by atoms with Crippen LogP contribution >= 0.6 is 0 Å². The van der Waals surface area contributed by atoms with Gasteiger partial charge in [-0.05, 0) is 24.1 Å². The van der Waals surface area contributed by atoms with Crippen LogP contribution in [0.3, 0.4) is 0 Å². The van der Waals surface area contributed by atoms with E-state index in [0.717, 1.165) is 29.0 Å². The van der Waals surface area contributed by atoms with Gasteiger partial charge in [0, 0.05) is 18.5 Å². The molecule has 2 aromatic carbocycles. The Hall–Kier alpha value is -2.33. The monoisotopic (exact) mass is 281 g/mol. The molecule has 21 heavy (non-hydrogen) atoms. The van der Waals surface area contributed by atoms with E-state index in [4.69, 9.17) is 10.5 Å². The number of nitrogens with one attached hydrogen (secondary N) is 1. The molecular formula is C17H19N3O. The van der Waals surface area contributed by atoms with Crippen LogP contribution in [0.15, 0.2) is 48.5 Å². The van der Waals surface area contributed by atoms with Gasteiger partial charge in [-0.2, -0.15) is 0 Å². The average molecular weight is 281 g/mol. The second kappa shape index (κ2) is 5.97. The van der Waals surface area contributed by atoms with Crippen LogP contribution in [-0.2, 0) is 6.42 Å². The highest BCUT2D eigenvalue weighted by molar-refractivity contribution is 5.76. The molecule has 0 spiro atoms. The van der Waals surface area contributed by atoms with E-state index in [1.807, 2.05) is 36.4 Å². The number of nitrogens with zero attached hydrogens (tertiary/aromatic N) is 1. The summed E-state index contributed by atoms with van der Waals surface area (Å²) in [6, 6.07) is 16.2. The van der Waals surface area contributed by atoms with Crippen molar-refractivity contribution in [1.82, 2.24) is 9.97 Å². The Bertz CT molecular complexity index is 721. The molecule has 0 aliphatic heterocycles. The molecule has 0 bridgehead atoms. The topological polar surface area (TPSA) is 63.9 Å². The molecule has 0 fully saturated rings. The second-order valence-electron chi connectivity index (χ2n) is 5.13. The van der Waals surface area contributed by atoms with Gasteiger partial charge in [0.2, 0.25) is 0 Å². The minimum Gasteiger partial charge on any atom is -0.497 e. The fraction of sp³-hybridized carbons (Fsp3) is 0.235. The number of aromatic nitrogens is 2. The van der Waals surface area contributed by atoms with Gasteiger partial charge in [-0.3, -0.25) is 0 Å². The Labute approximate surface area is 124 Å². The maximum atomic E-state index is 5.95. The molecule has 3 rings (SSSR count). The van der Waals surface area contributed by atoms with Crippen molar-refractivity contribution in [2.45, 2.75) is 12.3 Å². The lowest BCUT2D eigenvalue weighted by Gasteiger charge is -2.11. The predicted molar refractivity (Wildman–Crippen MR) is 84.6 cm³/mol. The Kier molecular flexibility index (Phi) is 3.88. The number of nitrogens with two attached hydrogens (primary N) is 1. The molecule has 1 aromatic heterocycles. The Morgan fingerprint density at radius 3 is 2.71 bits per heavy atom. The van der Waals surface area contributed by atoms with E-state index in [2.05, 4.69) is 22.1 Å². The number of imidazole rings is 1. The first-order valence-electron chi connectivity index (χ1n) is 7.08. The maximum absolute atomic E-state index is 5.95. The molecular weight excluding hydrogens is 262 g/mol. The summed E-state index contributed by atoms with van der Waals surface area (Å²) in [6.45, 7) is 0.561. The van der Waals surface area contributed by atoms with Gasteiger partial charge >= 0.3 is 0 Å². The molecule has 0 aliphatic rings. The third-order valence-electron chi connectivity index (χ3n) is 3.70. The van der Waals surface area contributed by atoms with Gasteiger partial charge < -0.3 is 15.5 Å². The quantitative estimate of drug-likeness (QED) is 0.756. The molecule has 0 amide bonds. The Morgan fingerprint density at radius 2 is 2.00 bits per heavy atom. The first-order valence-corrected chi connectivity index (χ1v) is 7.08. The molecule has 1 heterocycles. The smallest absolute Gasteiger partial charge is 0.121 e. The summed E-state index contributed by atoms with van der Waals surface area (Å²) in [6.07, 6.45) is 0.883. The minimum atomic E-state index is 0.186. The fourth-order valence-corrected chi connectivity index (χ4v) is 2.52. The normalized spacial score (nSPS) is 12.5. The van der Waals surface area contributed by atoms with Crippen LogP contribution in [0.4, 0.5) is 0 Å². The number of H-pyrrole nitrogens is 1. The van der Waals surface area contributed by atoms with Gasteiger partial charge in [0.25, 0.3) is 0 Å². The fourth-order valence-electron chi connectivity index (χ4n) is 2.52. The summed E-state index contributed by atoms with van der Waals surface area (Å²) in [5, 5.41) is 0. The number of hydrogen-bond acceptors (Lipinski definition) is 3. The number of rotatable bonds is 5. The zero-order chi connectivity index (χ0) is 14.7. The van der Waals surface area contributed by atoms with Crippen molar-refractivity contribution < 1.29 is 4.74 Å². The Morgan fingerprint density at radius 1 is 1.19 bits per heavy atom. The summed E-state index contributed by atoms with van der Waals surface area (Å²) in [5.74, 6) is 1.94. The first kappa shape index (κ1) is 13.6.